The number of hydrogen-bond donors (Lipinski definition) is 0. The number of nitriles is 1. The van der Waals surface area contributed by atoms with Crippen molar-refractivity contribution in [3.8, 4) is 11.8 Å². The number of benzene rings is 2. The third-order valence-corrected chi connectivity index (χ3v) is 5.38. The molecule has 0 aliphatic carbocycles. The Morgan fingerprint density at radius 3 is 2.31 bits per heavy atom. The average Bonchev–Trinajstić information content (AvgIpc) is 3.21. The van der Waals surface area contributed by atoms with Crippen molar-refractivity contribution in [3.05, 3.63) is 89.7 Å². The molecule has 0 atom stereocenters. The average molecular weight is 384 g/mol. The third-order valence-electron chi connectivity index (χ3n) is 5.38. The second kappa shape index (κ2) is 8.76. The number of hydrogen-bond acceptors (Lipinski definition) is 3. The molecule has 1 saturated heterocycles. The largest absolute Gasteiger partial charge is 0.337 e. The highest BCUT2D eigenvalue weighted by Crippen LogP contribution is 2.15. The molecule has 5 nitrogen and oxygen atoms in total. The number of carbonyl (C=O) groups excluding carboxylic acids is 1. The van der Waals surface area contributed by atoms with Crippen LogP contribution in [-0.2, 0) is 6.54 Å². The highest BCUT2D eigenvalue weighted by molar-refractivity contribution is 5.94. The van der Waals surface area contributed by atoms with Gasteiger partial charge in [0.05, 0.1) is 11.6 Å². The van der Waals surface area contributed by atoms with Crippen molar-refractivity contribution in [1.82, 2.24) is 14.4 Å². The van der Waals surface area contributed by atoms with E-state index in [2.05, 4.69) is 11.0 Å². The van der Waals surface area contributed by atoms with Crippen LogP contribution in [0.25, 0.3) is 5.69 Å². The van der Waals surface area contributed by atoms with Gasteiger partial charge in [-0.3, -0.25) is 9.69 Å². The molecule has 1 aliphatic rings. The minimum absolute atomic E-state index is 0.101. The first-order valence-corrected chi connectivity index (χ1v) is 9.97. The molecule has 3 aromatic rings. The number of nitrogens with zero attached hydrogens (tertiary/aromatic N) is 4. The zero-order valence-electron chi connectivity index (χ0n) is 16.4. The summed E-state index contributed by atoms with van der Waals surface area (Å²) >= 11 is 0. The van der Waals surface area contributed by atoms with Crippen LogP contribution in [0.4, 0.5) is 0 Å². The Morgan fingerprint density at radius 1 is 0.897 bits per heavy atom. The van der Waals surface area contributed by atoms with E-state index in [-0.39, 0.29) is 5.91 Å². The number of aromatic nitrogens is 1. The van der Waals surface area contributed by atoms with Gasteiger partial charge in [0.25, 0.3) is 5.91 Å². The minimum Gasteiger partial charge on any atom is -0.337 e. The summed E-state index contributed by atoms with van der Waals surface area (Å²) in [5, 5.41) is 8.93. The summed E-state index contributed by atoms with van der Waals surface area (Å²) in [6, 6.07) is 21.7. The monoisotopic (exact) mass is 384 g/mol. The van der Waals surface area contributed by atoms with Crippen molar-refractivity contribution in [2.75, 3.05) is 26.2 Å². The fraction of sp³-hybridized carbons (Fsp3) is 0.250. The predicted molar refractivity (Wildman–Crippen MR) is 113 cm³/mol. The highest BCUT2D eigenvalue weighted by atomic mass is 16.2. The Hall–Kier alpha value is -3.36. The lowest BCUT2D eigenvalue weighted by Gasteiger charge is -2.22. The maximum atomic E-state index is 13.0. The van der Waals surface area contributed by atoms with Crippen molar-refractivity contribution in [2.24, 2.45) is 0 Å². The van der Waals surface area contributed by atoms with Gasteiger partial charge < -0.3 is 9.47 Å². The molecule has 0 saturated carbocycles. The summed E-state index contributed by atoms with van der Waals surface area (Å²) in [5.41, 5.74) is 3.67. The Kier molecular flexibility index (Phi) is 5.73. The number of rotatable bonds is 4. The van der Waals surface area contributed by atoms with E-state index < -0.39 is 0 Å². The molecule has 1 amide bonds. The van der Waals surface area contributed by atoms with E-state index in [1.54, 1.807) is 0 Å². The first-order chi connectivity index (χ1) is 14.2. The fourth-order valence-corrected chi connectivity index (χ4v) is 3.74. The molecule has 29 heavy (non-hydrogen) atoms. The maximum absolute atomic E-state index is 13.0. The second-order valence-electron chi connectivity index (χ2n) is 7.37. The molecule has 1 aliphatic heterocycles. The summed E-state index contributed by atoms with van der Waals surface area (Å²) in [6.45, 7) is 4.18. The first kappa shape index (κ1) is 19.0. The molecule has 1 aromatic heterocycles. The van der Waals surface area contributed by atoms with E-state index in [1.807, 2.05) is 82.5 Å². The van der Waals surface area contributed by atoms with E-state index in [0.717, 1.165) is 50.4 Å². The van der Waals surface area contributed by atoms with Crippen LogP contribution >= 0.6 is 0 Å². The molecule has 5 heteroatoms. The van der Waals surface area contributed by atoms with Gasteiger partial charge in [-0.2, -0.15) is 5.26 Å². The van der Waals surface area contributed by atoms with Crippen LogP contribution in [0.15, 0.2) is 73.1 Å². The molecule has 2 aromatic carbocycles. The molecule has 0 spiro atoms. The summed E-state index contributed by atoms with van der Waals surface area (Å²) in [7, 11) is 0. The standard InChI is InChI=1S/C24H24N4O/c25-18-20-4-6-21(7-5-20)19-26-12-3-15-28(17-16-26)24(29)22-8-10-23(11-9-22)27-13-1-2-14-27/h1-2,4-11,13-14H,3,12,15-17,19H2. The quantitative estimate of drug-likeness (QED) is 0.689. The van der Waals surface area contributed by atoms with Crippen LogP contribution in [0.2, 0.25) is 0 Å². The van der Waals surface area contributed by atoms with Gasteiger partial charge in [-0.15, -0.1) is 0 Å². The zero-order valence-corrected chi connectivity index (χ0v) is 16.4. The lowest BCUT2D eigenvalue weighted by atomic mass is 10.1. The molecule has 1 fully saturated rings. The molecule has 0 bridgehead atoms. The first-order valence-electron chi connectivity index (χ1n) is 9.97. The predicted octanol–water partition coefficient (Wildman–Crippen LogP) is 3.70. The van der Waals surface area contributed by atoms with Gasteiger partial charge in [0, 0.05) is 56.4 Å². The Labute approximate surface area is 171 Å². The van der Waals surface area contributed by atoms with E-state index >= 15 is 0 Å². The lowest BCUT2D eigenvalue weighted by molar-refractivity contribution is 0.0761. The van der Waals surface area contributed by atoms with Gasteiger partial charge in [-0.05, 0) is 60.5 Å². The number of carbonyl (C=O) groups is 1. The Bertz CT molecular complexity index is 985. The zero-order chi connectivity index (χ0) is 20.1. The maximum Gasteiger partial charge on any atom is 0.253 e. The molecule has 0 N–H and O–H groups in total. The summed E-state index contributed by atoms with van der Waals surface area (Å²) < 4.78 is 2.03. The van der Waals surface area contributed by atoms with Crippen LogP contribution < -0.4 is 0 Å². The van der Waals surface area contributed by atoms with Gasteiger partial charge in [-0.1, -0.05) is 12.1 Å². The van der Waals surface area contributed by atoms with Gasteiger partial charge in [-0.25, -0.2) is 0 Å². The summed E-state index contributed by atoms with van der Waals surface area (Å²) in [6.07, 6.45) is 4.95. The van der Waals surface area contributed by atoms with E-state index in [1.165, 1.54) is 5.56 Å². The van der Waals surface area contributed by atoms with Gasteiger partial charge in [0.15, 0.2) is 0 Å². The highest BCUT2D eigenvalue weighted by Gasteiger charge is 2.20. The molecule has 146 valence electrons. The normalized spacial score (nSPS) is 14.9. The minimum atomic E-state index is 0.101. The van der Waals surface area contributed by atoms with Gasteiger partial charge in [0.1, 0.15) is 0 Å². The number of amides is 1. The Morgan fingerprint density at radius 2 is 1.62 bits per heavy atom. The van der Waals surface area contributed by atoms with Crippen molar-refractivity contribution in [1.29, 1.82) is 5.26 Å². The third kappa shape index (κ3) is 4.56. The summed E-state index contributed by atoms with van der Waals surface area (Å²) in [5.74, 6) is 0.101. The van der Waals surface area contributed by atoms with Crippen molar-refractivity contribution in [2.45, 2.75) is 13.0 Å². The van der Waals surface area contributed by atoms with E-state index in [4.69, 9.17) is 5.26 Å². The van der Waals surface area contributed by atoms with Crippen molar-refractivity contribution >= 4 is 5.91 Å². The molecular formula is C24H24N4O. The molecule has 0 unspecified atom stereocenters. The Balaban J connectivity index is 1.36. The van der Waals surface area contributed by atoms with Crippen LogP contribution in [-0.4, -0.2) is 46.5 Å². The molecule has 4 rings (SSSR count). The topological polar surface area (TPSA) is 52.3 Å². The smallest absolute Gasteiger partial charge is 0.253 e. The van der Waals surface area contributed by atoms with E-state index in [9.17, 15) is 4.79 Å². The molecular weight excluding hydrogens is 360 g/mol. The summed E-state index contributed by atoms with van der Waals surface area (Å²) in [4.78, 5) is 17.3. The fourth-order valence-electron chi connectivity index (χ4n) is 3.74. The van der Waals surface area contributed by atoms with Gasteiger partial charge >= 0.3 is 0 Å². The second-order valence-corrected chi connectivity index (χ2v) is 7.37. The van der Waals surface area contributed by atoms with Crippen LogP contribution in [0, 0.1) is 11.3 Å². The van der Waals surface area contributed by atoms with Crippen LogP contribution in [0.3, 0.4) is 0 Å². The lowest BCUT2D eigenvalue weighted by Crippen LogP contribution is -2.35. The van der Waals surface area contributed by atoms with E-state index in [0.29, 0.717) is 5.56 Å². The van der Waals surface area contributed by atoms with Crippen LogP contribution in [0.1, 0.15) is 27.9 Å². The molecule has 0 radical (unpaired) electrons. The van der Waals surface area contributed by atoms with Crippen molar-refractivity contribution in [3.63, 3.8) is 0 Å². The van der Waals surface area contributed by atoms with Gasteiger partial charge in [0.2, 0.25) is 0 Å². The van der Waals surface area contributed by atoms with Crippen LogP contribution in [0.5, 0.6) is 0 Å². The molecule has 2 heterocycles. The van der Waals surface area contributed by atoms with Crippen molar-refractivity contribution < 1.29 is 4.79 Å². The SMILES string of the molecule is N#Cc1ccc(CN2CCCN(C(=O)c3ccc(-n4cccc4)cc3)CC2)cc1.